The summed E-state index contributed by atoms with van der Waals surface area (Å²) in [5, 5.41) is 0. The molecule has 44 heavy (non-hydrogen) atoms. The van der Waals surface area contributed by atoms with Gasteiger partial charge in [0, 0.05) is 59.4 Å². The molecule has 0 unspecified atom stereocenters. The van der Waals surface area contributed by atoms with Gasteiger partial charge in [-0.15, -0.1) is 0 Å². The first-order chi connectivity index (χ1) is 21.8. The fourth-order valence-electron chi connectivity index (χ4n) is 5.26. The molecule has 0 radical (unpaired) electrons. The lowest BCUT2D eigenvalue weighted by molar-refractivity contribution is 1.22. The molecule has 0 saturated carbocycles. The highest BCUT2D eigenvalue weighted by Crippen LogP contribution is 2.34. The van der Waals surface area contributed by atoms with E-state index >= 15 is 0 Å². The molecule has 0 spiro atoms. The predicted molar refractivity (Wildman–Crippen MR) is 171 cm³/mol. The van der Waals surface area contributed by atoms with Crippen molar-refractivity contribution < 1.29 is 0 Å². The number of pyridine rings is 4. The van der Waals surface area contributed by atoms with Crippen LogP contribution in [0.3, 0.4) is 0 Å². The minimum Gasteiger partial charge on any atom is -0.265 e. The first-order valence-electron chi connectivity index (χ1n) is 14.1. The van der Waals surface area contributed by atoms with Crippen LogP contribution in [-0.4, -0.2) is 39.9 Å². The Morgan fingerprint density at radius 3 is 1.00 bits per heavy atom. The van der Waals surface area contributed by atoms with Gasteiger partial charge in [-0.05, 0) is 72.8 Å². The Labute approximate surface area is 252 Å². The maximum Gasteiger partial charge on any atom is 0.0974 e. The smallest absolute Gasteiger partial charge is 0.0974 e. The summed E-state index contributed by atoms with van der Waals surface area (Å²) in [6, 6.07) is 31.5. The van der Waals surface area contributed by atoms with Crippen LogP contribution in [0.4, 0.5) is 0 Å². The Morgan fingerprint density at radius 1 is 0.318 bits per heavy atom. The van der Waals surface area contributed by atoms with Crippen molar-refractivity contribution in [3.8, 4) is 56.4 Å². The lowest BCUT2D eigenvalue weighted by Crippen LogP contribution is -1.98. The number of fused-ring (bicyclic) bond motifs is 2. The number of para-hydroxylation sites is 4. The zero-order valence-electron chi connectivity index (χ0n) is 23.3. The van der Waals surface area contributed by atoms with Gasteiger partial charge in [-0.25, -0.2) is 19.9 Å². The number of benzene rings is 2. The van der Waals surface area contributed by atoms with Gasteiger partial charge in [0.25, 0.3) is 0 Å². The fraction of sp³-hybridized carbons (Fsp3) is 0. The molecule has 0 atom stereocenters. The van der Waals surface area contributed by atoms with Crippen molar-refractivity contribution >= 4 is 22.1 Å². The highest BCUT2D eigenvalue weighted by atomic mass is 14.8. The average Bonchev–Trinajstić information content (AvgIpc) is 3.11. The number of rotatable bonds is 5. The third-order valence-electron chi connectivity index (χ3n) is 7.38. The minimum atomic E-state index is 0.708. The van der Waals surface area contributed by atoms with Crippen molar-refractivity contribution in [1.82, 2.24) is 39.9 Å². The summed E-state index contributed by atoms with van der Waals surface area (Å²) in [5.41, 5.74) is 11.4. The fourth-order valence-corrected chi connectivity index (χ4v) is 5.26. The Morgan fingerprint density at radius 2 is 0.636 bits per heavy atom. The number of aromatic nitrogens is 8. The zero-order valence-corrected chi connectivity index (χ0v) is 23.3. The van der Waals surface area contributed by atoms with Crippen molar-refractivity contribution in [3.05, 3.63) is 134 Å². The van der Waals surface area contributed by atoms with E-state index in [2.05, 4.69) is 9.97 Å². The van der Waals surface area contributed by atoms with Crippen LogP contribution in [-0.2, 0) is 0 Å². The standard InChI is InChI=1S/C36H22N8/c1-3-7-29-27(5-1)41-33(23-9-15-37-16-10-23)35(43-29)25-13-19-39-31(21-25)32-22-26(14-20-40-32)36-34(24-11-17-38-18-12-24)42-28-6-2-4-8-30(28)44-36/h1-22H. The van der Waals surface area contributed by atoms with Gasteiger partial charge in [0.1, 0.15) is 0 Å². The molecule has 0 fully saturated rings. The maximum absolute atomic E-state index is 5.04. The first kappa shape index (κ1) is 25.4. The third kappa shape index (κ3) is 4.70. The molecule has 0 aliphatic rings. The van der Waals surface area contributed by atoms with E-state index in [9.17, 15) is 0 Å². The van der Waals surface area contributed by atoms with Gasteiger partial charge in [0.2, 0.25) is 0 Å². The van der Waals surface area contributed by atoms with Gasteiger partial charge < -0.3 is 0 Å². The Hall–Kier alpha value is -6.28. The molecule has 8 nitrogen and oxygen atoms in total. The first-order valence-corrected chi connectivity index (χ1v) is 14.1. The summed E-state index contributed by atoms with van der Waals surface area (Å²) in [7, 11) is 0. The second kappa shape index (κ2) is 10.8. The highest BCUT2D eigenvalue weighted by molar-refractivity contribution is 5.88. The van der Waals surface area contributed by atoms with Gasteiger partial charge in [0.05, 0.1) is 56.2 Å². The van der Waals surface area contributed by atoms with Gasteiger partial charge in [-0.1, -0.05) is 24.3 Å². The Kier molecular flexibility index (Phi) is 6.27. The monoisotopic (exact) mass is 566 g/mol. The van der Waals surface area contributed by atoms with Gasteiger partial charge >= 0.3 is 0 Å². The van der Waals surface area contributed by atoms with Crippen LogP contribution in [0.25, 0.3) is 78.5 Å². The average molecular weight is 567 g/mol. The largest absolute Gasteiger partial charge is 0.265 e. The van der Waals surface area contributed by atoms with Crippen molar-refractivity contribution in [2.45, 2.75) is 0 Å². The second-order valence-electron chi connectivity index (χ2n) is 10.2. The molecule has 8 heteroatoms. The van der Waals surface area contributed by atoms with Crippen LogP contribution in [0.5, 0.6) is 0 Å². The van der Waals surface area contributed by atoms with E-state index < -0.39 is 0 Å². The number of nitrogens with zero attached hydrogens (tertiary/aromatic N) is 8. The molecule has 206 valence electrons. The predicted octanol–water partition coefficient (Wildman–Crippen LogP) is 7.49. The summed E-state index contributed by atoms with van der Waals surface area (Å²) in [6.07, 6.45) is 10.6. The van der Waals surface area contributed by atoms with Crippen LogP contribution >= 0.6 is 0 Å². The highest BCUT2D eigenvalue weighted by Gasteiger charge is 2.17. The SMILES string of the molecule is c1ccc2nc(-c3ccnc(-c4cc(-c5nc6ccccc6nc5-c5ccncc5)ccn4)c3)c(-c3ccncc3)nc2c1. The van der Waals surface area contributed by atoms with Crippen molar-refractivity contribution in [3.63, 3.8) is 0 Å². The van der Waals surface area contributed by atoms with E-state index in [-0.39, 0.29) is 0 Å². The second-order valence-corrected chi connectivity index (χ2v) is 10.2. The lowest BCUT2D eigenvalue weighted by atomic mass is 10.0. The van der Waals surface area contributed by atoms with Crippen molar-refractivity contribution in [2.75, 3.05) is 0 Å². The summed E-state index contributed by atoms with van der Waals surface area (Å²) >= 11 is 0. The molecule has 0 N–H and O–H groups in total. The summed E-state index contributed by atoms with van der Waals surface area (Å²) in [6.45, 7) is 0. The van der Waals surface area contributed by atoms with Crippen LogP contribution in [0, 0.1) is 0 Å². The summed E-state index contributed by atoms with van der Waals surface area (Å²) < 4.78 is 0. The molecule has 8 rings (SSSR count). The maximum atomic E-state index is 5.04. The summed E-state index contributed by atoms with van der Waals surface area (Å²) in [4.78, 5) is 37.8. The molecule has 6 aromatic heterocycles. The van der Waals surface area contributed by atoms with Crippen LogP contribution in [0.2, 0.25) is 0 Å². The van der Waals surface area contributed by atoms with E-state index in [4.69, 9.17) is 29.9 Å². The van der Waals surface area contributed by atoms with Crippen LogP contribution in [0.1, 0.15) is 0 Å². The molecule has 2 aromatic carbocycles. The molecule has 0 bridgehead atoms. The quantitative estimate of drug-likeness (QED) is 0.211. The van der Waals surface area contributed by atoms with E-state index in [1.54, 1.807) is 37.2 Å². The van der Waals surface area contributed by atoms with Crippen molar-refractivity contribution in [2.24, 2.45) is 0 Å². The van der Waals surface area contributed by atoms with Crippen LogP contribution < -0.4 is 0 Å². The number of hydrogen-bond acceptors (Lipinski definition) is 8. The van der Waals surface area contributed by atoms with E-state index in [0.717, 1.165) is 67.1 Å². The zero-order chi connectivity index (χ0) is 29.3. The molecule has 0 aliphatic carbocycles. The Bertz CT molecular complexity index is 2130. The molecule has 6 heterocycles. The lowest BCUT2D eigenvalue weighted by Gasteiger charge is -2.12. The molecular formula is C36H22N8. The van der Waals surface area contributed by atoms with E-state index in [1.165, 1.54) is 0 Å². The topological polar surface area (TPSA) is 103 Å². The molecule has 0 saturated heterocycles. The van der Waals surface area contributed by atoms with E-state index in [0.29, 0.717) is 11.4 Å². The molecule has 8 aromatic rings. The Balaban J connectivity index is 1.27. The summed E-state index contributed by atoms with van der Waals surface area (Å²) in [5.74, 6) is 0. The molecular weight excluding hydrogens is 544 g/mol. The van der Waals surface area contributed by atoms with Gasteiger partial charge in [-0.3, -0.25) is 19.9 Å². The third-order valence-corrected chi connectivity index (χ3v) is 7.38. The number of hydrogen-bond donors (Lipinski definition) is 0. The normalized spacial score (nSPS) is 11.2. The van der Waals surface area contributed by atoms with Crippen molar-refractivity contribution in [1.29, 1.82) is 0 Å². The van der Waals surface area contributed by atoms with Crippen LogP contribution in [0.15, 0.2) is 134 Å². The van der Waals surface area contributed by atoms with Gasteiger partial charge in [-0.2, -0.15) is 0 Å². The van der Waals surface area contributed by atoms with Gasteiger partial charge in [0.15, 0.2) is 0 Å². The molecule has 0 aliphatic heterocycles. The minimum absolute atomic E-state index is 0.708. The van der Waals surface area contributed by atoms with E-state index in [1.807, 2.05) is 97.1 Å². The molecule has 0 amide bonds.